The van der Waals surface area contributed by atoms with Gasteiger partial charge in [-0.2, -0.15) is 0 Å². The van der Waals surface area contributed by atoms with Gasteiger partial charge in [0.15, 0.2) is 11.5 Å². The molecule has 0 saturated heterocycles. The van der Waals surface area contributed by atoms with Crippen molar-refractivity contribution in [2.24, 2.45) is 0 Å². The van der Waals surface area contributed by atoms with E-state index >= 15 is 0 Å². The number of hydrogen-bond acceptors (Lipinski definition) is 6. The van der Waals surface area contributed by atoms with E-state index in [1.165, 1.54) is 5.56 Å². The summed E-state index contributed by atoms with van der Waals surface area (Å²) >= 11 is 0. The van der Waals surface area contributed by atoms with Gasteiger partial charge in [-0.3, -0.25) is 4.79 Å². The number of anilines is 2. The Kier molecular flexibility index (Phi) is 4.82. The molecule has 0 aliphatic carbocycles. The number of carbonyl (C=O) groups is 1. The predicted octanol–water partition coefficient (Wildman–Crippen LogP) is 2.92. The van der Waals surface area contributed by atoms with Gasteiger partial charge in [0.05, 0.1) is 0 Å². The fourth-order valence-electron chi connectivity index (χ4n) is 2.70. The molecule has 1 aliphatic rings. The molecule has 1 amide bonds. The molecular weight excluding hydrogens is 344 g/mol. The maximum atomic E-state index is 12.3. The van der Waals surface area contributed by atoms with Crippen molar-refractivity contribution in [3.05, 3.63) is 72.1 Å². The fourth-order valence-corrected chi connectivity index (χ4v) is 2.70. The minimum Gasteiger partial charge on any atom is -0.454 e. The standard InChI is InChI=1S/C20H18N4O3/c25-19(21-10-8-14-4-2-1-3-5-14)16-9-11-22-20(24-16)23-15-6-7-17-18(12-15)27-13-26-17/h1-7,9,11-12H,8,10,13H2,(H,21,25)(H,22,23,24). The van der Waals surface area contributed by atoms with Gasteiger partial charge in [0.25, 0.3) is 5.91 Å². The van der Waals surface area contributed by atoms with Crippen LogP contribution in [-0.4, -0.2) is 29.2 Å². The molecule has 0 radical (unpaired) electrons. The van der Waals surface area contributed by atoms with Crippen LogP contribution >= 0.6 is 0 Å². The highest BCUT2D eigenvalue weighted by Gasteiger charge is 2.14. The number of nitrogens with zero attached hydrogens (tertiary/aromatic N) is 2. The molecule has 0 saturated carbocycles. The Bertz CT molecular complexity index is 947. The van der Waals surface area contributed by atoms with Crippen LogP contribution < -0.4 is 20.1 Å². The second kappa shape index (κ2) is 7.74. The molecule has 2 N–H and O–H groups in total. The number of fused-ring (bicyclic) bond motifs is 1. The molecule has 0 bridgehead atoms. The number of nitrogens with one attached hydrogen (secondary N) is 2. The molecule has 3 aromatic rings. The zero-order chi connectivity index (χ0) is 18.5. The first-order valence-electron chi connectivity index (χ1n) is 8.60. The number of rotatable bonds is 6. The predicted molar refractivity (Wildman–Crippen MR) is 100 cm³/mol. The Morgan fingerprint density at radius 2 is 1.89 bits per heavy atom. The summed E-state index contributed by atoms with van der Waals surface area (Å²) in [6.07, 6.45) is 2.31. The van der Waals surface area contributed by atoms with E-state index in [1.807, 2.05) is 42.5 Å². The average Bonchev–Trinajstić information content (AvgIpc) is 3.17. The van der Waals surface area contributed by atoms with E-state index in [2.05, 4.69) is 20.6 Å². The highest BCUT2D eigenvalue weighted by molar-refractivity contribution is 5.92. The summed E-state index contributed by atoms with van der Waals surface area (Å²) in [7, 11) is 0. The normalized spacial score (nSPS) is 11.9. The first-order valence-corrected chi connectivity index (χ1v) is 8.60. The van der Waals surface area contributed by atoms with Crippen LogP contribution in [-0.2, 0) is 6.42 Å². The molecule has 2 aromatic carbocycles. The number of ether oxygens (including phenoxy) is 2. The van der Waals surface area contributed by atoms with Gasteiger partial charge in [0, 0.05) is 24.5 Å². The van der Waals surface area contributed by atoms with Crippen molar-refractivity contribution in [2.75, 3.05) is 18.7 Å². The van der Waals surface area contributed by atoms with Crippen molar-refractivity contribution in [3.63, 3.8) is 0 Å². The number of amides is 1. The molecule has 7 heteroatoms. The number of carbonyl (C=O) groups excluding carboxylic acids is 1. The van der Waals surface area contributed by atoms with Crippen LogP contribution in [0.25, 0.3) is 0 Å². The van der Waals surface area contributed by atoms with E-state index in [9.17, 15) is 4.79 Å². The van der Waals surface area contributed by atoms with Gasteiger partial charge in [-0.25, -0.2) is 9.97 Å². The lowest BCUT2D eigenvalue weighted by Crippen LogP contribution is -2.26. The van der Waals surface area contributed by atoms with Crippen molar-refractivity contribution >= 4 is 17.5 Å². The number of hydrogen-bond donors (Lipinski definition) is 2. The largest absolute Gasteiger partial charge is 0.454 e. The Morgan fingerprint density at radius 3 is 2.78 bits per heavy atom. The SMILES string of the molecule is O=C(NCCc1ccccc1)c1ccnc(Nc2ccc3c(c2)OCO3)n1. The number of benzene rings is 2. The van der Waals surface area contributed by atoms with Crippen LogP contribution in [0.3, 0.4) is 0 Å². The van der Waals surface area contributed by atoms with Gasteiger partial charge in [-0.15, -0.1) is 0 Å². The topological polar surface area (TPSA) is 85.4 Å². The summed E-state index contributed by atoms with van der Waals surface area (Å²) in [5, 5.41) is 5.95. The average molecular weight is 362 g/mol. The van der Waals surface area contributed by atoms with Crippen molar-refractivity contribution in [1.29, 1.82) is 0 Å². The van der Waals surface area contributed by atoms with E-state index in [4.69, 9.17) is 9.47 Å². The Labute approximate surface area is 156 Å². The summed E-state index contributed by atoms with van der Waals surface area (Å²) in [5.41, 5.74) is 2.23. The third kappa shape index (κ3) is 4.14. The minimum absolute atomic E-state index is 0.216. The fraction of sp³-hybridized carbons (Fsp3) is 0.150. The van der Waals surface area contributed by atoms with E-state index in [0.29, 0.717) is 29.7 Å². The maximum Gasteiger partial charge on any atom is 0.270 e. The Morgan fingerprint density at radius 1 is 1.04 bits per heavy atom. The molecule has 0 spiro atoms. The monoisotopic (exact) mass is 362 g/mol. The lowest BCUT2D eigenvalue weighted by Gasteiger charge is -2.08. The highest BCUT2D eigenvalue weighted by atomic mass is 16.7. The van der Waals surface area contributed by atoms with E-state index < -0.39 is 0 Å². The molecule has 0 fully saturated rings. The second-order valence-corrected chi connectivity index (χ2v) is 5.95. The van der Waals surface area contributed by atoms with Gasteiger partial charge in [-0.05, 0) is 30.2 Å². The molecule has 0 atom stereocenters. The first-order chi connectivity index (χ1) is 13.3. The summed E-state index contributed by atoms with van der Waals surface area (Å²) in [6, 6.07) is 17.0. The zero-order valence-electron chi connectivity index (χ0n) is 14.5. The second-order valence-electron chi connectivity index (χ2n) is 5.95. The van der Waals surface area contributed by atoms with Crippen molar-refractivity contribution in [2.45, 2.75) is 6.42 Å². The molecule has 1 aromatic heterocycles. The minimum atomic E-state index is -0.234. The first kappa shape index (κ1) is 16.8. The summed E-state index contributed by atoms with van der Waals surface area (Å²) in [6.45, 7) is 0.756. The van der Waals surface area contributed by atoms with Gasteiger partial charge in [0.1, 0.15) is 5.69 Å². The smallest absolute Gasteiger partial charge is 0.270 e. The summed E-state index contributed by atoms with van der Waals surface area (Å²) in [5.74, 6) is 1.47. The van der Waals surface area contributed by atoms with Crippen LogP contribution in [0.1, 0.15) is 16.1 Å². The lowest BCUT2D eigenvalue weighted by molar-refractivity contribution is 0.0949. The highest BCUT2D eigenvalue weighted by Crippen LogP contribution is 2.34. The van der Waals surface area contributed by atoms with Gasteiger partial charge >= 0.3 is 0 Å². The van der Waals surface area contributed by atoms with Crippen molar-refractivity contribution in [1.82, 2.24) is 15.3 Å². The summed E-state index contributed by atoms with van der Waals surface area (Å²) < 4.78 is 10.6. The summed E-state index contributed by atoms with van der Waals surface area (Å²) in [4.78, 5) is 20.8. The third-order valence-corrected chi connectivity index (χ3v) is 4.06. The van der Waals surface area contributed by atoms with Crippen LogP contribution in [0.4, 0.5) is 11.6 Å². The van der Waals surface area contributed by atoms with Gasteiger partial charge in [0.2, 0.25) is 12.7 Å². The van der Waals surface area contributed by atoms with Crippen molar-refractivity contribution < 1.29 is 14.3 Å². The molecule has 7 nitrogen and oxygen atoms in total. The molecule has 27 heavy (non-hydrogen) atoms. The Balaban J connectivity index is 1.37. The lowest BCUT2D eigenvalue weighted by atomic mass is 10.1. The molecule has 0 unspecified atom stereocenters. The van der Waals surface area contributed by atoms with E-state index in [1.54, 1.807) is 18.3 Å². The van der Waals surface area contributed by atoms with Gasteiger partial charge < -0.3 is 20.1 Å². The maximum absolute atomic E-state index is 12.3. The molecule has 136 valence electrons. The van der Waals surface area contributed by atoms with Crippen molar-refractivity contribution in [3.8, 4) is 11.5 Å². The Hall–Kier alpha value is -3.61. The van der Waals surface area contributed by atoms with E-state index in [-0.39, 0.29) is 12.7 Å². The third-order valence-electron chi connectivity index (χ3n) is 4.06. The van der Waals surface area contributed by atoms with Crippen LogP contribution in [0.5, 0.6) is 11.5 Å². The van der Waals surface area contributed by atoms with E-state index in [0.717, 1.165) is 12.1 Å². The number of aromatic nitrogens is 2. The zero-order valence-corrected chi connectivity index (χ0v) is 14.5. The molecule has 1 aliphatic heterocycles. The van der Waals surface area contributed by atoms with Gasteiger partial charge in [-0.1, -0.05) is 30.3 Å². The molecule has 4 rings (SSSR count). The van der Waals surface area contributed by atoms with Crippen LogP contribution in [0, 0.1) is 0 Å². The quantitative estimate of drug-likeness (QED) is 0.701. The van der Waals surface area contributed by atoms with Crippen LogP contribution in [0.2, 0.25) is 0 Å². The van der Waals surface area contributed by atoms with Crippen LogP contribution in [0.15, 0.2) is 60.8 Å². The molecule has 2 heterocycles. The molecular formula is C20H18N4O3.